The van der Waals surface area contributed by atoms with Gasteiger partial charge in [0, 0.05) is 18.0 Å². The van der Waals surface area contributed by atoms with Gasteiger partial charge in [-0.2, -0.15) is 0 Å². The standard InChI is InChI=1S/C22H27NO3.C2H6/c1-6-10-13-19-18(12-8-3)20(22(25)26)21(24)23(19)15-17(9-4)14-16(5)11-7-2;1-2/h6-14,17H,4,15H2,1-3,5H3,(H,25,26);1-2H3/b10-6-,11-7-,12-8-,16-14?,19-13+;. The van der Waals surface area contributed by atoms with Crippen molar-refractivity contribution in [3.63, 3.8) is 0 Å². The second kappa shape index (κ2) is 13.3. The number of carbonyl (C=O) groups excluding carboxylic acids is 1. The van der Waals surface area contributed by atoms with Crippen LogP contribution in [0.4, 0.5) is 0 Å². The fraction of sp³-hybridized carbons (Fsp3) is 0.333. The maximum Gasteiger partial charge on any atom is 0.342 e. The molecule has 1 heterocycles. The minimum absolute atomic E-state index is 0.0934. The number of hydrogen-bond donors (Lipinski definition) is 1. The third kappa shape index (κ3) is 6.69. The van der Waals surface area contributed by atoms with Gasteiger partial charge in [-0.25, -0.2) is 4.79 Å². The van der Waals surface area contributed by atoms with E-state index in [0.29, 0.717) is 17.8 Å². The molecule has 0 radical (unpaired) electrons. The van der Waals surface area contributed by atoms with Crippen molar-refractivity contribution in [3.05, 3.63) is 83.7 Å². The second-order valence-electron chi connectivity index (χ2n) is 5.90. The van der Waals surface area contributed by atoms with Gasteiger partial charge in [-0.05, 0) is 33.8 Å². The fourth-order valence-electron chi connectivity index (χ4n) is 2.79. The molecular formula is C24H33NO3. The Balaban J connectivity index is 0.00000352. The van der Waals surface area contributed by atoms with E-state index in [1.54, 1.807) is 37.3 Å². The summed E-state index contributed by atoms with van der Waals surface area (Å²) in [7, 11) is 0. The Bertz CT molecular complexity index is 746. The highest BCUT2D eigenvalue weighted by Crippen LogP contribution is 2.32. The van der Waals surface area contributed by atoms with Crippen molar-refractivity contribution in [1.82, 2.24) is 4.90 Å². The molecule has 0 saturated carbocycles. The number of hydrogen-bond acceptors (Lipinski definition) is 2. The van der Waals surface area contributed by atoms with Crippen LogP contribution in [0.3, 0.4) is 0 Å². The predicted molar refractivity (Wildman–Crippen MR) is 118 cm³/mol. The van der Waals surface area contributed by atoms with Crippen molar-refractivity contribution in [2.24, 2.45) is 5.92 Å². The predicted octanol–water partition coefficient (Wildman–Crippen LogP) is 5.60. The fourth-order valence-corrected chi connectivity index (χ4v) is 2.79. The zero-order valence-electron chi connectivity index (χ0n) is 17.9. The lowest BCUT2D eigenvalue weighted by molar-refractivity contribution is -0.136. The summed E-state index contributed by atoms with van der Waals surface area (Å²) < 4.78 is 0. The lowest BCUT2D eigenvalue weighted by Gasteiger charge is -2.22. The van der Waals surface area contributed by atoms with E-state index in [9.17, 15) is 14.7 Å². The number of rotatable bonds is 8. The van der Waals surface area contributed by atoms with Crippen molar-refractivity contribution in [2.75, 3.05) is 6.54 Å². The molecule has 1 aliphatic heterocycles. The topological polar surface area (TPSA) is 57.6 Å². The van der Waals surface area contributed by atoms with Gasteiger partial charge in [0.15, 0.2) is 0 Å². The number of carboxylic acids is 1. The van der Waals surface area contributed by atoms with Crippen LogP contribution in [0.15, 0.2) is 83.7 Å². The molecule has 152 valence electrons. The SMILES string of the molecule is C=CC(C=C(C)/C=C\C)CN1C(=O)C(C(=O)O)=C(/C=C\C)/C1=C\C=C/C.CC. The summed E-state index contributed by atoms with van der Waals surface area (Å²) in [5.41, 5.74) is 1.88. The van der Waals surface area contributed by atoms with Gasteiger partial charge in [-0.15, -0.1) is 6.58 Å². The molecule has 1 unspecified atom stereocenters. The average Bonchev–Trinajstić information content (AvgIpc) is 2.92. The number of aliphatic carboxylic acids is 1. The Kier molecular flexibility index (Phi) is 11.9. The molecule has 4 nitrogen and oxygen atoms in total. The van der Waals surface area contributed by atoms with Gasteiger partial charge in [0.25, 0.3) is 5.91 Å². The Morgan fingerprint density at radius 2 is 1.82 bits per heavy atom. The van der Waals surface area contributed by atoms with Gasteiger partial charge >= 0.3 is 5.97 Å². The highest BCUT2D eigenvalue weighted by molar-refractivity contribution is 6.20. The molecule has 0 aliphatic carbocycles. The first kappa shape index (κ1) is 25.1. The smallest absolute Gasteiger partial charge is 0.342 e. The Labute approximate surface area is 169 Å². The van der Waals surface area contributed by atoms with E-state index in [2.05, 4.69) is 6.58 Å². The molecule has 0 fully saturated rings. The van der Waals surface area contributed by atoms with Crippen LogP contribution >= 0.6 is 0 Å². The molecule has 1 atom stereocenters. The van der Waals surface area contributed by atoms with E-state index < -0.39 is 11.9 Å². The Morgan fingerprint density at radius 1 is 1.18 bits per heavy atom. The third-order valence-electron chi connectivity index (χ3n) is 3.89. The van der Waals surface area contributed by atoms with E-state index in [1.807, 2.05) is 58.9 Å². The lowest BCUT2D eigenvalue weighted by Crippen LogP contribution is -2.31. The molecule has 0 saturated heterocycles. The molecule has 1 amide bonds. The Hall–Kier alpha value is -2.88. The highest BCUT2D eigenvalue weighted by Gasteiger charge is 2.37. The van der Waals surface area contributed by atoms with E-state index in [0.717, 1.165) is 5.57 Å². The summed E-state index contributed by atoms with van der Waals surface area (Å²) in [6, 6.07) is 0. The molecule has 4 heteroatoms. The Morgan fingerprint density at radius 3 is 2.29 bits per heavy atom. The molecule has 0 spiro atoms. The summed E-state index contributed by atoms with van der Waals surface area (Å²) >= 11 is 0. The van der Waals surface area contributed by atoms with Gasteiger partial charge in [0.2, 0.25) is 0 Å². The van der Waals surface area contributed by atoms with Crippen molar-refractivity contribution in [3.8, 4) is 0 Å². The summed E-state index contributed by atoms with van der Waals surface area (Å²) in [5.74, 6) is -1.80. The molecule has 1 aliphatic rings. The van der Waals surface area contributed by atoms with Gasteiger partial charge in [-0.1, -0.05) is 68.0 Å². The second-order valence-corrected chi connectivity index (χ2v) is 5.90. The number of amides is 1. The van der Waals surface area contributed by atoms with E-state index >= 15 is 0 Å². The van der Waals surface area contributed by atoms with E-state index in [1.165, 1.54) is 4.90 Å². The van der Waals surface area contributed by atoms with Crippen LogP contribution in [0.2, 0.25) is 0 Å². The average molecular weight is 384 g/mol. The molecular weight excluding hydrogens is 350 g/mol. The number of nitrogens with zero attached hydrogens (tertiary/aromatic N) is 1. The van der Waals surface area contributed by atoms with Crippen molar-refractivity contribution in [1.29, 1.82) is 0 Å². The maximum absolute atomic E-state index is 12.8. The van der Waals surface area contributed by atoms with Crippen LogP contribution in [0.1, 0.15) is 41.5 Å². The largest absolute Gasteiger partial charge is 0.477 e. The number of carboxylic acid groups (broad SMARTS) is 1. The van der Waals surface area contributed by atoms with Crippen molar-refractivity contribution < 1.29 is 14.7 Å². The van der Waals surface area contributed by atoms with Gasteiger partial charge < -0.3 is 10.0 Å². The third-order valence-corrected chi connectivity index (χ3v) is 3.89. The summed E-state index contributed by atoms with van der Waals surface area (Å²) in [4.78, 5) is 26.0. The van der Waals surface area contributed by atoms with Crippen LogP contribution < -0.4 is 0 Å². The van der Waals surface area contributed by atoms with Crippen LogP contribution in [0.5, 0.6) is 0 Å². The first-order chi connectivity index (χ1) is 13.4. The summed E-state index contributed by atoms with van der Waals surface area (Å²) in [6.45, 7) is 15.8. The monoisotopic (exact) mass is 383 g/mol. The minimum Gasteiger partial charge on any atom is -0.477 e. The quantitative estimate of drug-likeness (QED) is 0.337. The molecule has 0 aromatic heterocycles. The van der Waals surface area contributed by atoms with Gasteiger partial charge in [0.1, 0.15) is 5.57 Å². The van der Waals surface area contributed by atoms with Crippen LogP contribution in [-0.2, 0) is 9.59 Å². The minimum atomic E-state index is -1.22. The zero-order valence-corrected chi connectivity index (χ0v) is 17.9. The van der Waals surface area contributed by atoms with E-state index in [4.69, 9.17) is 0 Å². The summed E-state index contributed by atoms with van der Waals surface area (Å²) in [5, 5.41) is 9.52. The maximum atomic E-state index is 12.8. The van der Waals surface area contributed by atoms with Crippen LogP contribution in [0, 0.1) is 5.92 Å². The normalized spacial score (nSPS) is 17.8. The first-order valence-electron chi connectivity index (χ1n) is 9.60. The molecule has 0 aromatic carbocycles. The molecule has 28 heavy (non-hydrogen) atoms. The van der Waals surface area contributed by atoms with Gasteiger partial charge in [-0.3, -0.25) is 4.79 Å². The molecule has 1 N–H and O–H groups in total. The van der Waals surface area contributed by atoms with Crippen molar-refractivity contribution in [2.45, 2.75) is 41.5 Å². The van der Waals surface area contributed by atoms with Crippen molar-refractivity contribution >= 4 is 11.9 Å². The molecule has 1 rings (SSSR count). The highest BCUT2D eigenvalue weighted by atomic mass is 16.4. The summed E-state index contributed by atoms with van der Waals surface area (Å²) in [6.07, 6.45) is 16.5. The number of carbonyl (C=O) groups is 2. The molecule has 0 aromatic rings. The van der Waals surface area contributed by atoms with Crippen LogP contribution in [0.25, 0.3) is 0 Å². The van der Waals surface area contributed by atoms with Gasteiger partial charge in [0.05, 0.1) is 5.70 Å². The lowest BCUT2D eigenvalue weighted by atomic mass is 10.0. The van der Waals surface area contributed by atoms with E-state index in [-0.39, 0.29) is 11.5 Å². The first-order valence-corrected chi connectivity index (χ1v) is 9.60. The zero-order chi connectivity index (χ0) is 21.7. The van der Waals surface area contributed by atoms with Crippen LogP contribution in [-0.4, -0.2) is 28.4 Å². The molecule has 0 bridgehead atoms. The number of allylic oxidation sites excluding steroid dienone is 8.